The smallest absolute Gasteiger partial charge is 0.0406 e. The first kappa shape index (κ1) is 12.6. The van der Waals surface area contributed by atoms with E-state index in [0.29, 0.717) is 0 Å². The minimum absolute atomic E-state index is 0.00803. The minimum Gasteiger partial charge on any atom is -0.324 e. The van der Waals surface area contributed by atoms with Gasteiger partial charge in [0, 0.05) is 15.5 Å². The van der Waals surface area contributed by atoms with Crippen LogP contribution in [-0.4, -0.2) is 0 Å². The maximum absolute atomic E-state index is 6.18. The lowest BCUT2D eigenvalue weighted by atomic mass is 10.00. The molecule has 0 spiro atoms. The van der Waals surface area contributed by atoms with Gasteiger partial charge in [-0.1, -0.05) is 51.8 Å². The summed E-state index contributed by atoms with van der Waals surface area (Å²) in [6.45, 7) is 0. The highest BCUT2D eigenvalue weighted by molar-refractivity contribution is 9.10. The predicted molar refractivity (Wildman–Crippen MR) is 76.2 cm³/mol. The molecule has 0 aromatic heterocycles. The number of nitrogens with two attached hydrogens (primary N) is 1. The van der Waals surface area contributed by atoms with Crippen LogP contribution in [0.4, 0.5) is 0 Å². The zero-order chi connectivity index (χ0) is 12.3. The van der Waals surface area contributed by atoms with Crippen LogP contribution in [0.3, 0.4) is 0 Å². The third kappa shape index (κ3) is 3.56. The van der Waals surface area contributed by atoms with Gasteiger partial charge >= 0.3 is 0 Å². The average molecular weight is 311 g/mol. The molecule has 2 aromatic rings. The first-order chi connectivity index (χ1) is 8.15. The molecule has 0 fully saturated rings. The van der Waals surface area contributed by atoms with Crippen LogP contribution in [0.25, 0.3) is 0 Å². The van der Waals surface area contributed by atoms with Crippen molar-refractivity contribution in [3.63, 3.8) is 0 Å². The molecule has 1 atom stereocenters. The topological polar surface area (TPSA) is 26.0 Å². The Kier molecular flexibility index (Phi) is 4.21. The van der Waals surface area contributed by atoms with E-state index in [1.165, 1.54) is 5.56 Å². The van der Waals surface area contributed by atoms with Crippen molar-refractivity contribution in [3.05, 3.63) is 69.2 Å². The van der Waals surface area contributed by atoms with E-state index in [9.17, 15) is 0 Å². The number of hydrogen-bond donors (Lipinski definition) is 1. The van der Waals surface area contributed by atoms with Crippen LogP contribution in [0, 0.1) is 0 Å². The highest BCUT2D eigenvalue weighted by atomic mass is 79.9. The van der Waals surface area contributed by atoms with Crippen LogP contribution < -0.4 is 5.73 Å². The predicted octanol–water partition coefficient (Wildman–Crippen LogP) is 4.35. The summed E-state index contributed by atoms with van der Waals surface area (Å²) in [6, 6.07) is 15.9. The van der Waals surface area contributed by atoms with Crippen LogP contribution in [-0.2, 0) is 6.42 Å². The minimum atomic E-state index is 0.00803. The van der Waals surface area contributed by atoms with E-state index >= 15 is 0 Å². The highest BCUT2D eigenvalue weighted by Crippen LogP contribution is 2.20. The largest absolute Gasteiger partial charge is 0.324 e. The molecule has 0 aliphatic carbocycles. The Labute approximate surface area is 115 Å². The zero-order valence-electron chi connectivity index (χ0n) is 9.24. The Morgan fingerprint density at radius 1 is 1.12 bits per heavy atom. The molecule has 0 saturated heterocycles. The van der Waals surface area contributed by atoms with E-state index in [0.717, 1.165) is 21.5 Å². The molecule has 0 saturated carbocycles. The summed E-state index contributed by atoms with van der Waals surface area (Å²) in [4.78, 5) is 0. The molecular weight excluding hydrogens is 298 g/mol. The van der Waals surface area contributed by atoms with Crippen molar-refractivity contribution in [2.45, 2.75) is 12.5 Å². The first-order valence-corrected chi connectivity index (χ1v) is 6.58. The molecule has 0 heterocycles. The summed E-state index contributed by atoms with van der Waals surface area (Å²) in [6.07, 6.45) is 0.813. The number of hydrogen-bond acceptors (Lipinski definition) is 1. The normalized spacial score (nSPS) is 12.4. The van der Waals surface area contributed by atoms with Crippen molar-refractivity contribution in [2.75, 3.05) is 0 Å². The summed E-state index contributed by atoms with van der Waals surface area (Å²) in [5, 5.41) is 0.754. The Balaban J connectivity index is 2.11. The number of rotatable bonds is 3. The second kappa shape index (κ2) is 5.67. The van der Waals surface area contributed by atoms with Gasteiger partial charge in [-0.2, -0.15) is 0 Å². The maximum atomic E-state index is 6.18. The van der Waals surface area contributed by atoms with Crippen molar-refractivity contribution in [3.8, 4) is 0 Å². The third-order valence-electron chi connectivity index (χ3n) is 2.65. The second-order valence-corrected chi connectivity index (χ2v) is 5.34. The van der Waals surface area contributed by atoms with Gasteiger partial charge in [0.1, 0.15) is 0 Å². The molecule has 1 nitrogen and oxygen atoms in total. The molecule has 2 aromatic carbocycles. The lowest BCUT2D eigenvalue weighted by Crippen LogP contribution is -2.13. The average Bonchev–Trinajstić information content (AvgIpc) is 2.32. The van der Waals surface area contributed by atoms with Crippen molar-refractivity contribution in [1.82, 2.24) is 0 Å². The van der Waals surface area contributed by atoms with Gasteiger partial charge in [-0.25, -0.2) is 0 Å². The van der Waals surface area contributed by atoms with Gasteiger partial charge in [0.25, 0.3) is 0 Å². The molecule has 17 heavy (non-hydrogen) atoms. The van der Waals surface area contributed by atoms with Crippen molar-refractivity contribution in [2.24, 2.45) is 5.73 Å². The van der Waals surface area contributed by atoms with Gasteiger partial charge in [0.2, 0.25) is 0 Å². The van der Waals surface area contributed by atoms with Crippen molar-refractivity contribution in [1.29, 1.82) is 0 Å². The van der Waals surface area contributed by atoms with Crippen LogP contribution in [0.1, 0.15) is 17.2 Å². The van der Waals surface area contributed by atoms with E-state index < -0.39 is 0 Å². The molecule has 0 aliphatic rings. The monoisotopic (exact) mass is 309 g/mol. The molecule has 88 valence electrons. The van der Waals surface area contributed by atoms with Crippen LogP contribution >= 0.6 is 27.5 Å². The SMILES string of the molecule is NC(Cc1ccc(Cl)cc1)c1cccc(Br)c1. The van der Waals surface area contributed by atoms with Gasteiger partial charge in [-0.05, 0) is 41.8 Å². The number of benzene rings is 2. The fraction of sp³-hybridized carbons (Fsp3) is 0.143. The third-order valence-corrected chi connectivity index (χ3v) is 3.39. The lowest BCUT2D eigenvalue weighted by Gasteiger charge is -2.12. The molecule has 3 heteroatoms. The Morgan fingerprint density at radius 3 is 2.47 bits per heavy atom. The summed E-state index contributed by atoms with van der Waals surface area (Å²) in [5.74, 6) is 0. The van der Waals surface area contributed by atoms with E-state index in [1.807, 2.05) is 42.5 Å². The fourth-order valence-corrected chi connectivity index (χ4v) is 2.27. The van der Waals surface area contributed by atoms with Gasteiger partial charge < -0.3 is 5.73 Å². The standard InChI is InChI=1S/C14H13BrClN/c15-12-3-1-2-11(9-12)14(17)8-10-4-6-13(16)7-5-10/h1-7,9,14H,8,17H2. The molecule has 0 radical (unpaired) electrons. The Hall–Kier alpha value is -0.830. The molecule has 0 aliphatic heterocycles. The molecule has 2 rings (SSSR count). The molecular formula is C14H13BrClN. The van der Waals surface area contributed by atoms with E-state index in [2.05, 4.69) is 22.0 Å². The molecule has 2 N–H and O–H groups in total. The zero-order valence-corrected chi connectivity index (χ0v) is 11.6. The quantitative estimate of drug-likeness (QED) is 0.896. The summed E-state index contributed by atoms with van der Waals surface area (Å²) >= 11 is 9.30. The fourth-order valence-electron chi connectivity index (χ4n) is 1.73. The number of halogens is 2. The Bertz CT molecular complexity index is 496. The van der Waals surface area contributed by atoms with E-state index in [-0.39, 0.29) is 6.04 Å². The van der Waals surface area contributed by atoms with E-state index in [4.69, 9.17) is 17.3 Å². The maximum Gasteiger partial charge on any atom is 0.0406 e. The molecule has 0 bridgehead atoms. The van der Waals surface area contributed by atoms with Gasteiger partial charge in [-0.15, -0.1) is 0 Å². The van der Waals surface area contributed by atoms with Gasteiger partial charge in [-0.3, -0.25) is 0 Å². The second-order valence-electron chi connectivity index (χ2n) is 3.99. The van der Waals surface area contributed by atoms with Crippen LogP contribution in [0.15, 0.2) is 53.0 Å². The van der Waals surface area contributed by atoms with Crippen molar-refractivity contribution >= 4 is 27.5 Å². The lowest BCUT2D eigenvalue weighted by molar-refractivity contribution is 0.721. The summed E-state index contributed by atoms with van der Waals surface area (Å²) in [5.41, 5.74) is 8.51. The van der Waals surface area contributed by atoms with Crippen molar-refractivity contribution < 1.29 is 0 Å². The summed E-state index contributed by atoms with van der Waals surface area (Å²) in [7, 11) is 0. The summed E-state index contributed by atoms with van der Waals surface area (Å²) < 4.78 is 1.06. The van der Waals surface area contributed by atoms with Crippen LogP contribution in [0.2, 0.25) is 5.02 Å². The first-order valence-electron chi connectivity index (χ1n) is 5.40. The van der Waals surface area contributed by atoms with Gasteiger partial charge in [0.05, 0.1) is 0 Å². The van der Waals surface area contributed by atoms with E-state index in [1.54, 1.807) is 0 Å². The highest BCUT2D eigenvalue weighted by Gasteiger charge is 2.07. The molecule has 0 amide bonds. The Morgan fingerprint density at radius 2 is 1.82 bits per heavy atom. The van der Waals surface area contributed by atoms with Crippen LogP contribution in [0.5, 0.6) is 0 Å². The molecule has 1 unspecified atom stereocenters. The van der Waals surface area contributed by atoms with Gasteiger partial charge in [0.15, 0.2) is 0 Å².